The van der Waals surface area contributed by atoms with Gasteiger partial charge in [-0.3, -0.25) is 14.4 Å². The van der Waals surface area contributed by atoms with Gasteiger partial charge >= 0.3 is 12.1 Å². The van der Waals surface area contributed by atoms with Gasteiger partial charge in [0, 0.05) is 12.6 Å². The molecule has 1 saturated carbocycles. The Labute approximate surface area is 231 Å². The van der Waals surface area contributed by atoms with E-state index in [1.807, 2.05) is 20.8 Å². The lowest BCUT2D eigenvalue weighted by molar-refractivity contribution is -0.145. The number of benzene rings is 1. The van der Waals surface area contributed by atoms with Gasteiger partial charge in [-0.25, -0.2) is 4.79 Å². The maximum Gasteiger partial charge on any atom is 0.408 e. The number of nitrogens with one attached hydrogen (secondary N) is 2. The van der Waals surface area contributed by atoms with Crippen LogP contribution in [-0.2, 0) is 23.9 Å². The fraction of sp³-hybridized carbons (Fsp3) is 0.655. The van der Waals surface area contributed by atoms with E-state index in [-0.39, 0.29) is 49.1 Å². The SMILES string of the molecule is CCOC(=O)CCNC(=O)C(c1ccc(O)c(C)c1)N(C(=O)C(NC(=O)OC(C)(C)C)C(C)CC)C1CC1C. The van der Waals surface area contributed by atoms with Gasteiger partial charge in [-0.05, 0) is 76.1 Å². The van der Waals surface area contributed by atoms with Gasteiger partial charge in [-0.15, -0.1) is 0 Å². The number of carbonyl (C=O) groups excluding carboxylic acids is 4. The quantitative estimate of drug-likeness (QED) is 0.337. The van der Waals surface area contributed by atoms with Crippen molar-refractivity contribution in [2.75, 3.05) is 13.2 Å². The molecule has 0 heterocycles. The van der Waals surface area contributed by atoms with Crippen molar-refractivity contribution in [3.05, 3.63) is 29.3 Å². The molecule has 0 saturated heterocycles. The fourth-order valence-corrected chi connectivity index (χ4v) is 4.36. The first-order valence-corrected chi connectivity index (χ1v) is 13.7. The molecule has 0 aliphatic heterocycles. The first-order chi connectivity index (χ1) is 18.2. The number of hydrogen-bond donors (Lipinski definition) is 3. The Morgan fingerprint density at radius 2 is 1.82 bits per heavy atom. The first kappa shape index (κ1) is 31.9. The van der Waals surface area contributed by atoms with Crippen molar-refractivity contribution in [2.24, 2.45) is 11.8 Å². The van der Waals surface area contributed by atoms with Gasteiger partial charge in [0.1, 0.15) is 23.4 Å². The number of carbonyl (C=O) groups is 4. The van der Waals surface area contributed by atoms with Crippen LogP contribution >= 0.6 is 0 Å². The molecule has 1 aliphatic rings. The van der Waals surface area contributed by atoms with Gasteiger partial charge in [0.05, 0.1) is 13.0 Å². The zero-order valence-corrected chi connectivity index (χ0v) is 24.5. The average molecular weight is 548 g/mol. The van der Waals surface area contributed by atoms with E-state index >= 15 is 0 Å². The Hall–Kier alpha value is -3.30. The van der Waals surface area contributed by atoms with E-state index in [9.17, 15) is 24.3 Å². The highest BCUT2D eigenvalue weighted by Gasteiger charge is 2.49. The zero-order chi connectivity index (χ0) is 29.5. The molecule has 0 radical (unpaired) electrons. The summed E-state index contributed by atoms with van der Waals surface area (Å²) in [4.78, 5) is 54.1. The summed E-state index contributed by atoms with van der Waals surface area (Å²) in [5.74, 6) is -1.30. The molecule has 5 atom stereocenters. The lowest BCUT2D eigenvalue weighted by Crippen LogP contribution is -2.56. The van der Waals surface area contributed by atoms with E-state index in [1.54, 1.807) is 51.7 Å². The minimum absolute atomic E-state index is 0.00955. The number of aromatic hydroxyl groups is 1. The van der Waals surface area contributed by atoms with E-state index in [1.165, 1.54) is 6.07 Å². The smallest absolute Gasteiger partial charge is 0.408 e. The number of alkyl carbamates (subject to hydrolysis) is 1. The van der Waals surface area contributed by atoms with E-state index in [4.69, 9.17) is 9.47 Å². The largest absolute Gasteiger partial charge is 0.508 e. The number of amides is 3. The predicted octanol–water partition coefficient (Wildman–Crippen LogP) is 3.99. The van der Waals surface area contributed by atoms with Gasteiger partial charge < -0.3 is 30.1 Å². The van der Waals surface area contributed by atoms with Crippen LogP contribution in [0, 0.1) is 18.8 Å². The van der Waals surface area contributed by atoms with Gasteiger partial charge in [0.2, 0.25) is 11.8 Å². The summed E-state index contributed by atoms with van der Waals surface area (Å²) in [7, 11) is 0. The predicted molar refractivity (Wildman–Crippen MR) is 147 cm³/mol. The molecule has 1 aliphatic carbocycles. The highest BCUT2D eigenvalue weighted by Crippen LogP contribution is 2.41. The third-order valence-electron chi connectivity index (χ3n) is 6.83. The van der Waals surface area contributed by atoms with Gasteiger partial charge in [-0.2, -0.15) is 0 Å². The summed E-state index contributed by atoms with van der Waals surface area (Å²) < 4.78 is 10.4. The molecule has 0 bridgehead atoms. The Bertz CT molecular complexity index is 1040. The molecule has 10 heteroatoms. The second-order valence-electron chi connectivity index (χ2n) is 11.3. The van der Waals surface area contributed by atoms with Crippen LogP contribution in [0.3, 0.4) is 0 Å². The minimum Gasteiger partial charge on any atom is -0.508 e. The van der Waals surface area contributed by atoms with Crippen molar-refractivity contribution in [2.45, 2.75) is 98.4 Å². The van der Waals surface area contributed by atoms with E-state index in [0.717, 1.165) is 0 Å². The lowest BCUT2D eigenvalue weighted by Gasteiger charge is -2.36. The maximum absolute atomic E-state index is 14.3. The number of phenolic OH excluding ortho intramolecular Hbond substituents is 1. The molecule has 3 amide bonds. The molecule has 39 heavy (non-hydrogen) atoms. The van der Waals surface area contributed by atoms with Crippen molar-refractivity contribution in [3.8, 4) is 5.75 Å². The second kappa shape index (κ2) is 13.7. The summed E-state index contributed by atoms with van der Waals surface area (Å²) in [6.07, 6.45) is 0.593. The van der Waals surface area contributed by atoms with Crippen LogP contribution in [0.1, 0.15) is 84.9 Å². The molecular weight excluding hydrogens is 502 g/mol. The van der Waals surface area contributed by atoms with Crippen molar-refractivity contribution in [1.82, 2.24) is 15.5 Å². The Balaban J connectivity index is 2.48. The topological polar surface area (TPSA) is 134 Å². The number of hydrogen-bond acceptors (Lipinski definition) is 7. The number of nitrogens with zero attached hydrogens (tertiary/aromatic N) is 1. The first-order valence-electron chi connectivity index (χ1n) is 13.7. The molecule has 1 aromatic carbocycles. The number of esters is 1. The summed E-state index contributed by atoms with van der Waals surface area (Å²) in [5, 5.41) is 15.7. The van der Waals surface area contributed by atoms with Crippen molar-refractivity contribution >= 4 is 23.9 Å². The van der Waals surface area contributed by atoms with Gasteiger partial charge in [-0.1, -0.05) is 33.3 Å². The van der Waals surface area contributed by atoms with Crippen LogP contribution in [0.25, 0.3) is 0 Å². The normalized spacial score (nSPS) is 18.8. The van der Waals surface area contributed by atoms with Crippen LogP contribution < -0.4 is 10.6 Å². The molecule has 0 aromatic heterocycles. The van der Waals surface area contributed by atoms with Crippen molar-refractivity contribution in [3.63, 3.8) is 0 Å². The standard InChI is InChI=1S/C29H45N3O7/c1-9-17(3)24(31-28(37)39-29(6,7)8)27(36)32(21-16-18(21)4)25(20-11-12-22(33)19(5)15-20)26(35)30-14-13-23(34)38-10-2/h11-12,15,17-18,21,24-25,33H,9-10,13-14,16H2,1-8H3,(H,30,35)(H,31,37). The highest BCUT2D eigenvalue weighted by atomic mass is 16.6. The third kappa shape index (κ3) is 9.14. The van der Waals surface area contributed by atoms with Gasteiger partial charge in [0.15, 0.2) is 0 Å². The molecule has 5 unspecified atom stereocenters. The van der Waals surface area contributed by atoms with Crippen LogP contribution in [0.5, 0.6) is 5.75 Å². The average Bonchev–Trinajstić information content (AvgIpc) is 3.56. The molecule has 1 aromatic rings. The van der Waals surface area contributed by atoms with Crippen LogP contribution in [-0.4, -0.2) is 64.7 Å². The zero-order valence-electron chi connectivity index (χ0n) is 24.5. The summed E-state index contributed by atoms with van der Waals surface area (Å²) >= 11 is 0. The summed E-state index contributed by atoms with van der Waals surface area (Å²) in [5.41, 5.74) is 0.327. The Morgan fingerprint density at radius 3 is 2.33 bits per heavy atom. The maximum atomic E-state index is 14.3. The number of aryl methyl sites for hydroxylation is 1. The monoisotopic (exact) mass is 547 g/mol. The minimum atomic E-state index is -1.04. The van der Waals surface area contributed by atoms with E-state index in [0.29, 0.717) is 24.0 Å². The van der Waals surface area contributed by atoms with Crippen molar-refractivity contribution in [1.29, 1.82) is 0 Å². The summed E-state index contributed by atoms with van der Waals surface area (Å²) in [6, 6.07) is 2.60. The molecule has 3 N–H and O–H groups in total. The van der Waals surface area contributed by atoms with E-state index in [2.05, 4.69) is 10.6 Å². The molecule has 2 rings (SSSR count). The fourth-order valence-electron chi connectivity index (χ4n) is 4.36. The number of rotatable bonds is 12. The molecule has 0 spiro atoms. The molecule has 10 nitrogen and oxygen atoms in total. The molecule has 1 fully saturated rings. The Morgan fingerprint density at radius 1 is 1.18 bits per heavy atom. The Kier molecular flexibility index (Phi) is 11.2. The van der Waals surface area contributed by atoms with Crippen LogP contribution in [0.15, 0.2) is 18.2 Å². The summed E-state index contributed by atoms with van der Waals surface area (Å²) in [6.45, 7) is 14.7. The molecular formula is C29H45N3O7. The number of phenols is 1. The van der Waals surface area contributed by atoms with Crippen LogP contribution in [0.4, 0.5) is 4.79 Å². The van der Waals surface area contributed by atoms with Gasteiger partial charge in [0.25, 0.3) is 0 Å². The lowest BCUT2D eigenvalue weighted by atomic mass is 9.95. The third-order valence-corrected chi connectivity index (χ3v) is 6.83. The second-order valence-corrected chi connectivity index (χ2v) is 11.3. The highest BCUT2D eigenvalue weighted by molar-refractivity contribution is 5.93. The molecule has 218 valence electrons. The number of ether oxygens (including phenoxy) is 2. The van der Waals surface area contributed by atoms with E-state index < -0.39 is 35.7 Å². The van der Waals surface area contributed by atoms with Crippen molar-refractivity contribution < 1.29 is 33.8 Å². The van der Waals surface area contributed by atoms with Crippen LogP contribution in [0.2, 0.25) is 0 Å².